The van der Waals surface area contributed by atoms with E-state index in [2.05, 4.69) is 32.6 Å². The number of hydrogen-bond acceptors (Lipinski definition) is 3. The van der Waals surface area contributed by atoms with Gasteiger partial charge in [-0.25, -0.2) is 0 Å². The fourth-order valence-electron chi connectivity index (χ4n) is 4.13. The van der Waals surface area contributed by atoms with Crippen molar-refractivity contribution >= 4 is 0 Å². The lowest BCUT2D eigenvalue weighted by Gasteiger charge is -2.49. The molecule has 4 atom stereocenters. The van der Waals surface area contributed by atoms with Crippen molar-refractivity contribution in [2.24, 2.45) is 23.0 Å². The maximum atomic E-state index is 6.08. The van der Waals surface area contributed by atoms with Gasteiger partial charge in [0.25, 0.3) is 0 Å². The van der Waals surface area contributed by atoms with Crippen LogP contribution in [0.5, 0.6) is 0 Å². The van der Waals surface area contributed by atoms with Gasteiger partial charge in [-0.2, -0.15) is 0 Å². The summed E-state index contributed by atoms with van der Waals surface area (Å²) in [6.45, 7) is 13.2. The molecule has 3 heteroatoms. The highest BCUT2D eigenvalue weighted by molar-refractivity contribution is 4.93. The van der Waals surface area contributed by atoms with Crippen molar-refractivity contribution in [1.82, 2.24) is 4.90 Å². The fraction of sp³-hybridized carbons (Fsp3) is 1.00. The van der Waals surface area contributed by atoms with Crippen LogP contribution in [-0.4, -0.2) is 43.3 Å². The summed E-state index contributed by atoms with van der Waals surface area (Å²) in [5.74, 6) is 1.51. The summed E-state index contributed by atoms with van der Waals surface area (Å²) in [5.41, 5.74) is 6.51. The Morgan fingerprint density at radius 1 is 1.25 bits per heavy atom. The van der Waals surface area contributed by atoms with Crippen molar-refractivity contribution in [1.29, 1.82) is 0 Å². The van der Waals surface area contributed by atoms with Gasteiger partial charge in [-0.1, -0.05) is 27.7 Å². The maximum absolute atomic E-state index is 6.08. The molecule has 1 aliphatic carbocycles. The lowest BCUT2D eigenvalue weighted by atomic mass is 9.67. The zero-order valence-corrected chi connectivity index (χ0v) is 13.9. The van der Waals surface area contributed by atoms with Crippen molar-refractivity contribution in [2.45, 2.75) is 65.5 Å². The van der Waals surface area contributed by atoms with E-state index in [0.717, 1.165) is 32.2 Å². The molecule has 2 aliphatic rings. The zero-order chi connectivity index (χ0) is 14.8. The van der Waals surface area contributed by atoms with Crippen molar-refractivity contribution < 1.29 is 4.74 Å². The third kappa shape index (κ3) is 3.55. The molecule has 2 fully saturated rings. The van der Waals surface area contributed by atoms with Crippen molar-refractivity contribution in [2.75, 3.05) is 26.3 Å². The first-order valence-electron chi connectivity index (χ1n) is 8.51. The molecule has 20 heavy (non-hydrogen) atoms. The van der Waals surface area contributed by atoms with E-state index in [1.165, 1.54) is 25.7 Å². The molecule has 1 aliphatic heterocycles. The average molecular weight is 282 g/mol. The van der Waals surface area contributed by atoms with Gasteiger partial charge in [-0.05, 0) is 49.5 Å². The van der Waals surface area contributed by atoms with Crippen molar-refractivity contribution in [3.05, 3.63) is 0 Å². The molecular formula is C17H34N2O. The molecular weight excluding hydrogens is 248 g/mol. The van der Waals surface area contributed by atoms with Crippen LogP contribution in [0.2, 0.25) is 0 Å². The summed E-state index contributed by atoms with van der Waals surface area (Å²) in [4.78, 5) is 2.74. The Morgan fingerprint density at radius 3 is 2.60 bits per heavy atom. The number of nitrogens with two attached hydrogens (primary N) is 1. The highest BCUT2D eigenvalue weighted by Gasteiger charge is 2.40. The molecule has 0 aromatic rings. The van der Waals surface area contributed by atoms with Crippen LogP contribution < -0.4 is 5.73 Å². The predicted octanol–water partition coefficient (Wildman–Crippen LogP) is 2.89. The third-order valence-corrected chi connectivity index (χ3v) is 5.65. The molecule has 2 N–H and O–H groups in total. The van der Waals surface area contributed by atoms with Gasteiger partial charge < -0.3 is 10.5 Å². The van der Waals surface area contributed by atoms with Crippen LogP contribution in [0.15, 0.2) is 0 Å². The van der Waals surface area contributed by atoms with Crippen molar-refractivity contribution in [3.8, 4) is 0 Å². The summed E-state index contributed by atoms with van der Waals surface area (Å²) in [6.07, 6.45) is 5.16. The second-order valence-electron chi connectivity index (χ2n) is 7.81. The monoisotopic (exact) mass is 282 g/mol. The Balaban J connectivity index is 2.11. The van der Waals surface area contributed by atoms with E-state index in [1.807, 2.05) is 0 Å². The molecule has 4 unspecified atom stereocenters. The average Bonchev–Trinajstić information content (AvgIpc) is 2.45. The van der Waals surface area contributed by atoms with Gasteiger partial charge in [0.2, 0.25) is 0 Å². The minimum Gasteiger partial charge on any atom is -0.378 e. The molecule has 0 spiro atoms. The molecule has 1 saturated carbocycles. The Labute approximate surface area is 125 Å². The van der Waals surface area contributed by atoms with Gasteiger partial charge >= 0.3 is 0 Å². The van der Waals surface area contributed by atoms with Crippen molar-refractivity contribution in [3.63, 3.8) is 0 Å². The second kappa shape index (κ2) is 6.76. The van der Waals surface area contributed by atoms with E-state index in [-0.39, 0.29) is 0 Å². The van der Waals surface area contributed by atoms with Gasteiger partial charge in [0.15, 0.2) is 0 Å². The van der Waals surface area contributed by atoms with E-state index in [9.17, 15) is 0 Å². The summed E-state index contributed by atoms with van der Waals surface area (Å²) in [6, 6.07) is 1.27. The number of nitrogens with zero attached hydrogens (tertiary/aromatic N) is 1. The first-order chi connectivity index (χ1) is 9.47. The molecule has 0 radical (unpaired) electrons. The third-order valence-electron chi connectivity index (χ3n) is 5.65. The summed E-state index contributed by atoms with van der Waals surface area (Å²) >= 11 is 0. The highest BCUT2D eigenvalue weighted by atomic mass is 16.5. The van der Waals surface area contributed by atoms with Crippen LogP contribution in [0.1, 0.15) is 53.4 Å². The summed E-state index contributed by atoms with van der Waals surface area (Å²) in [7, 11) is 0. The SMILES string of the molecule is CCC1COCCN1C1CC(C(C)(C)C)CCC1CN. The van der Waals surface area contributed by atoms with E-state index in [1.54, 1.807) is 0 Å². The Kier molecular flexibility index (Phi) is 5.49. The first-order valence-corrected chi connectivity index (χ1v) is 8.51. The Morgan fingerprint density at radius 2 is 2.00 bits per heavy atom. The normalized spacial score (nSPS) is 37.0. The molecule has 3 nitrogen and oxygen atoms in total. The molecule has 0 amide bonds. The van der Waals surface area contributed by atoms with Crippen LogP contribution in [0.25, 0.3) is 0 Å². The molecule has 0 bridgehead atoms. The van der Waals surface area contributed by atoms with Crippen LogP contribution in [0, 0.1) is 17.3 Å². The van der Waals surface area contributed by atoms with Crippen LogP contribution in [-0.2, 0) is 4.74 Å². The standard InChI is InChI=1S/C17H34N2O/c1-5-15-12-20-9-8-19(15)16-10-14(17(2,3)4)7-6-13(16)11-18/h13-16H,5-12,18H2,1-4H3. The number of rotatable bonds is 3. The quantitative estimate of drug-likeness (QED) is 0.865. The number of ether oxygens (including phenoxy) is 1. The van der Waals surface area contributed by atoms with Gasteiger partial charge in [0.05, 0.1) is 13.2 Å². The first kappa shape index (κ1) is 16.3. The minimum absolute atomic E-state index is 0.422. The highest BCUT2D eigenvalue weighted by Crippen LogP contribution is 2.42. The van der Waals surface area contributed by atoms with Crippen LogP contribution in [0.3, 0.4) is 0 Å². The molecule has 1 saturated heterocycles. The van der Waals surface area contributed by atoms with E-state index in [0.29, 0.717) is 23.4 Å². The van der Waals surface area contributed by atoms with Crippen LogP contribution in [0.4, 0.5) is 0 Å². The largest absolute Gasteiger partial charge is 0.378 e. The van der Waals surface area contributed by atoms with E-state index < -0.39 is 0 Å². The lowest BCUT2D eigenvalue weighted by molar-refractivity contribution is -0.0620. The van der Waals surface area contributed by atoms with E-state index in [4.69, 9.17) is 10.5 Å². The minimum atomic E-state index is 0.422. The zero-order valence-electron chi connectivity index (χ0n) is 13.9. The molecule has 1 heterocycles. The molecule has 2 rings (SSSR count). The number of morpholine rings is 1. The molecule has 0 aromatic heterocycles. The lowest BCUT2D eigenvalue weighted by Crippen LogP contribution is -2.56. The van der Waals surface area contributed by atoms with E-state index >= 15 is 0 Å². The second-order valence-corrected chi connectivity index (χ2v) is 7.81. The topological polar surface area (TPSA) is 38.5 Å². The maximum Gasteiger partial charge on any atom is 0.0622 e. The molecule has 118 valence electrons. The van der Waals surface area contributed by atoms with Gasteiger partial charge in [-0.15, -0.1) is 0 Å². The van der Waals surface area contributed by atoms with Gasteiger partial charge in [-0.3, -0.25) is 4.90 Å². The fourth-order valence-corrected chi connectivity index (χ4v) is 4.13. The van der Waals surface area contributed by atoms with Gasteiger partial charge in [0.1, 0.15) is 0 Å². The predicted molar refractivity (Wildman–Crippen MR) is 84.7 cm³/mol. The Hall–Kier alpha value is -0.120. The Bertz CT molecular complexity index is 300. The summed E-state index contributed by atoms with van der Waals surface area (Å²) < 4.78 is 5.68. The van der Waals surface area contributed by atoms with Gasteiger partial charge in [0, 0.05) is 18.6 Å². The number of hydrogen-bond donors (Lipinski definition) is 1. The van der Waals surface area contributed by atoms with Crippen LogP contribution >= 0.6 is 0 Å². The summed E-state index contributed by atoms with van der Waals surface area (Å²) in [5, 5.41) is 0. The smallest absolute Gasteiger partial charge is 0.0622 e. The molecule has 0 aromatic carbocycles.